The lowest BCUT2D eigenvalue weighted by Gasteiger charge is -2.27. The summed E-state index contributed by atoms with van der Waals surface area (Å²) in [6.07, 6.45) is 0.0676. The number of rotatable bonds is 10. The lowest BCUT2D eigenvalue weighted by Crippen LogP contribution is -2.46. The second kappa shape index (κ2) is 10.9. The minimum atomic E-state index is -0.986. The van der Waals surface area contributed by atoms with Gasteiger partial charge in [0.25, 0.3) is 0 Å². The van der Waals surface area contributed by atoms with Gasteiger partial charge in [0.05, 0.1) is 11.1 Å². The maximum Gasteiger partial charge on any atom is 0.335 e. The van der Waals surface area contributed by atoms with Crippen molar-refractivity contribution in [1.29, 1.82) is 5.26 Å². The minimum absolute atomic E-state index is 0.0298. The topological polar surface area (TPSA) is 103 Å². The second-order valence-corrected chi connectivity index (χ2v) is 10.5. The van der Waals surface area contributed by atoms with E-state index in [1.54, 1.807) is 41.7 Å². The Morgan fingerprint density at radius 2 is 1.81 bits per heavy atom. The molecule has 0 saturated heterocycles. The Morgan fingerprint density at radius 3 is 2.50 bits per heavy atom. The van der Waals surface area contributed by atoms with Crippen LogP contribution in [0.4, 0.5) is 0 Å². The Hall–Kier alpha value is -3.70. The van der Waals surface area contributed by atoms with Crippen LogP contribution in [0.3, 0.4) is 0 Å². The molecular formula is C29H28N2O4S. The van der Waals surface area contributed by atoms with E-state index in [1.165, 1.54) is 27.1 Å². The first-order valence-electron chi connectivity index (χ1n) is 11.7. The first-order chi connectivity index (χ1) is 17.2. The monoisotopic (exact) mass is 500 g/mol. The molecule has 4 aromatic rings. The van der Waals surface area contributed by atoms with Gasteiger partial charge in [-0.2, -0.15) is 5.26 Å². The third-order valence-corrected chi connectivity index (χ3v) is 7.02. The van der Waals surface area contributed by atoms with E-state index >= 15 is 0 Å². The van der Waals surface area contributed by atoms with E-state index in [0.29, 0.717) is 17.9 Å². The number of benzene rings is 3. The number of thiophene rings is 1. The van der Waals surface area contributed by atoms with E-state index in [4.69, 9.17) is 9.84 Å². The Labute approximate surface area is 214 Å². The molecule has 0 spiro atoms. The molecule has 3 aromatic carbocycles. The molecule has 7 heteroatoms. The number of nitrogens with zero attached hydrogens (tertiary/aromatic N) is 1. The van der Waals surface area contributed by atoms with Gasteiger partial charge in [0.15, 0.2) is 0 Å². The Balaban J connectivity index is 1.35. The molecule has 0 aliphatic heterocycles. The van der Waals surface area contributed by atoms with Crippen LogP contribution >= 0.6 is 11.3 Å². The molecule has 4 rings (SSSR count). The van der Waals surface area contributed by atoms with Crippen molar-refractivity contribution in [1.82, 2.24) is 5.32 Å². The Morgan fingerprint density at radius 1 is 1.08 bits per heavy atom. The highest BCUT2D eigenvalue weighted by atomic mass is 32.1. The van der Waals surface area contributed by atoms with Gasteiger partial charge >= 0.3 is 5.97 Å². The molecule has 0 saturated carbocycles. The Bertz CT molecular complexity index is 1370. The quantitative estimate of drug-likeness (QED) is 0.266. The molecule has 36 heavy (non-hydrogen) atoms. The van der Waals surface area contributed by atoms with Gasteiger partial charge < -0.3 is 20.3 Å². The van der Waals surface area contributed by atoms with Crippen molar-refractivity contribution in [3.63, 3.8) is 0 Å². The summed E-state index contributed by atoms with van der Waals surface area (Å²) in [5.41, 5.74) is 1.94. The number of nitriles is 1. The summed E-state index contributed by atoms with van der Waals surface area (Å²) < 4.78 is 7.10. The van der Waals surface area contributed by atoms with Crippen molar-refractivity contribution in [2.24, 2.45) is 0 Å². The summed E-state index contributed by atoms with van der Waals surface area (Å²) in [7, 11) is 0. The van der Waals surface area contributed by atoms with Crippen LogP contribution in [0.5, 0.6) is 5.75 Å². The number of hydrogen-bond donors (Lipinski definition) is 3. The SMILES string of the molecule is CC(C)(Cc1cc2ccccc2s1)NC[C@@H](O)COc1cc(-c2ccc(C(=O)O)cc2)ccc1C#N. The van der Waals surface area contributed by atoms with Gasteiger partial charge in [0.2, 0.25) is 0 Å². The highest BCUT2D eigenvalue weighted by molar-refractivity contribution is 7.19. The van der Waals surface area contributed by atoms with Crippen LogP contribution in [0.2, 0.25) is 0 Å². The summed E-state index contributed by atoms with van der Waals surface area (Å²) in [5, 5.41) is 33.8. The number of β-amino-alcohol motifs (C(OH)–C–C–N with tert-alkyl or cyclic N) is 1. The molecule has 1 heterocycles. The maximum atomic E-state index is 11.1. The average Bonchev–Trinajstić information content (AvgIpc) is 3.27. The number of aromatic carboxylic acids is 1. The summed E-state index contributed by atoms with van der Waals surface area (Å²) in [5.74, 6) is -0.610. The number of aliphatic hydroxyl groups is 1. The van der Waals surface area contributed by atoms with Crippen LogP contribution in [0.1, 0.15) is 34.6 Å². The number of nitrogens with one attached hydrogen (secondary N) is 1. The van der Waals surface area contributed by atoms with Crippen molar-refractivity contribution in [2.75, 3.05) is 13.2 Å². The largest absolute Gasteiger partial charge is 0.489 e. The van der Waals surface area contributed by atoms with Gasteiger partial charge in [0, 0.05) is 21.7 Å². The predicted octanol–water partition coefficient (Wildman–Crippen LogP) is 5.49. The summed E-state index contributed by atoms with van der Waals surface area (Å²) in [6.45, 7) is 4.59. The van der Waals surface area contributed by atoms with Crippen molar-refractivity contribution in [3.8, 4) is 22.9 Å². The molecule has 184 valence electrons. The summed E-state index contributed by atoms with van der Waals surface area (Å²) in [6, 6.07) is 24.3. The number of aliphatic hydroxyl groups excluding tert-OH is 1. The molecule has 0 bridgehead atoms. The molecule has 0 aliphatic carbocycles. The van der Waals surface area contributed by atoms with E-state index in [0.717, 1.165) is 17.5 Å². The summed E-state index contributed by atoms with van der Waals surface area (Å²) in [4.78, 5) is 12.4. The molecule has 0 aliphatic rings. The van der Waals surface area contributed by atoms with E-state index < -0.39 is 12.1 Å². The third-order valence-electron chi connectivity index (χ3n) is 5.91. The van der Waals surface area contributed by atoms with E-state index in [1.807, 2.05) is 12.1 Å². The van der Waals surface area contributed by atoms with Crippen LogP contribution in [-0.2, 0) is 6.42 Å². The van der Waals surface area contributed by atoms with Crippen LogP contribution < -0.4 is 10.1 Å². The average molecular weight is 501 g/mol. The van der Waals surface area contributed by atoms with Gasteiger partial charge in [-0.15, -0.1) is 11.3 Å². The molecule has 3 N–H and O–H groups in total. The molecule has 0 radical (unpaired) electrons. The number of hydrogen-bond acceptors (Lipinski definition) is 6. The van der Waals surface area contributed by atoms with Gasteiger partial charge in [-0.1, -0.05) is 36.4 Å². The smallest absolute Gasteiger partial charge is 0.335 e. The molecule has 0 amide bonds. The molecule has 1 atom stereocenters. The zero-order chi connectivity index (χ0) is 25.7. The van der Waals surface area contributed by atoms with Crippen LogP contribution in [0.25, 0.3) is 21.2 Å². The van der Waals surface area contributed by atoms with E-state index in [2.05, 4.69) is 43.4 Å². The molecule has 0 fully saturated rings. The molecule has 0 unspecified atom stereocenters. The summed E-state index contributed by atoms with van der Waals surface area (Å²) >= 11 is 1.78. The Kier molecular flexibility index (Phi) is 7.70. The first-order valence-corrected chi connectivity index (χ1v) is 12.5. The number of fused-ring (bicyclic) bond motifs is 1. The second-order valence-electron chi connectivity index (χ2n) is 9.36. The highest BCUT2D eigenvalue weighted by Crippen LogP contribution is 2.29. The van der Waals surface area contributed by atoms with Gasteiger partial charge in [-0.25, -0.2) is 4.79 Å². The predicted molar refractivity (Wildman–Crippen MR) is 143 cm³/mol. The number of carbonyl (C=O) groups is 1. The van der Waals surface area contributed by atoms with Crippen molar-refractivity contribution in [3.05, 3.63) is 88.8 Å². The van der Waals surface area contributed by atoms with E-state index in [-0.39, 0.29) is 17.7 Å². The van der Waals surface area contributed by atoms with Crippen molar-refractivity contribution in [2.45, 2.75) is 31.9 Å². The van der Waals surface area contributed by atoms with Crippen LogP contribution in [0.15, 0.2) is 72.8 Å². The standard InChI is InChI=1S/C29H28N2O4S/c1-29(2,15-25-13-22-5-3-4-6-27(22)36-25)31-17-24(32)18-35-26-14-21(11-12-23(26)16-30)19-7-9-20(10-8-19)28(33)34/h3-14,24,31-32H,15,17-18H2,1-2H3,(H,33,34)/t24-/m1/s1. The van der Waals surface area contributed by atoms with Crippen LogP contribution in [0, 0.1) is 11.3 Å². The number of ether oxygens (including phenoxy) is 1. The lowest BCUT2D eigenvalue weighted by molar-refractivity contribution is 0.0697. The fraction of sp³-hybridized carbons (Fsp3) is 0.241. The molecule has 6 nitrogen and oxygen atoms in total. The third kappa shape index (κ3) is 6.29. The first kappa shape index (κ1) is 25.4. The zero-order valence-electron chi connectivity index (χ0n) is 20.2. The lowest BCUT2D eigenvalue weighted by atomic mass is 9.99. The van der Waals surface area contributed by atoms with E-state index in [9.17, 15) is 15.2 Å². The van der Waals surface area contributed by atoms with Crippen molar-refractivity contribution >= 4 is 27.4 Å². The maximum absolute atomic E-state index is 11.1. The fourth-order valence-corrected chi connectivity index (χ4v) is 5.27. The highest BCUT2D eigenvalue weighted by Gasteiger charge is 2.21. The van der Waals surface area contributed by atoms with Crippen molar-refractivity contribution < 1.29 is 19.7 Å². The normalized spacial score (nSPS) is 12.3. The van der Waals surface area contributed by atoms with Gasteiger partial charge in [0.1, 0.15) is 24.5 Å². The number of carboxylic acid groups (broad SMARTS) is 1. The molecular weight excluding hydrogens is 472 g/mol. The van der Waals surface area contributed by atoms with Crippen LogP contribution in [-0.4, -0.2) is 41.0 Å². The fourth-order valence-electron chi connectivity index (χ4n) is 3.98. The van der Waals surface area contributed by atoms with Gasteiger partial charge in [-0.05, 0) is 73.2 Å². The number of carboxylic acids is 1. The van der Waals surface area contributed by atoms with Gasteiger partial charge in [-0.3, -0.25) is 0 Å². The molecule has 1 aromatic heterocycles. The zero-order valence-corrected chi connectivity index (χ0v) is 21.0. The minimum Gasteiger partial charge on any atom is -0.489 e.